The summed E-state index contributed by atoms with van der Waals surface area (Å²) >= 11 is 6.00. The number of nitrogens with zero attached hydrogens (tertiary/aromatic N) is 1. The molecule has 112 valence electrons. The van der Waals surface area contributed by atoms with Gasteiger partial charge in [-0.05, 0) is 11.6 Å². The molecular weight excluding hydrogens is 305 g/mol. The van der Waals surface area contributed by atoms with Crippen molar-refractivity contribution in [2.24, 2.45) is 5.92 Å². The molecule has 1 heterocycles. The van der Waals surface area contributed by atoms with Crippen LogP contribution >= 0.6 is 24.0 Å². The maximum Gasteiger partial charge on any atom is 0.269 e. The molecule has 2 unspecified atom stereocenters. The summed E-state index contributed by atoms with van der Waals surface area (Å²) in [6.45, 7) is 2.48. The minimum absolute atomic E-state index is 0. The van der Waals surface area contributed by atoms with Gasteiger partial charge in [0, 0.05) is 49.3 Å². The third-order valence-corrected chi connectivity index (χ3v) is 3.63. The number of nitrogens with one attached hydrogen (secondary N) is 2. The second-order valence-corrected chi connectivity index (χ2v) is 5.06. The van der Waals surface area contributed by atoms with Gasteiger partial charge in [0.2, 0.25) is 0 Å². The largest absolute Gasteiger partial charge is 0.391 e. The first kappa shape index (κ1) is 17.1. The molecule has 6 nitrogen and oxygen atoms in total. The van der Waals surface area contributed by atoms with Crippen LogP contribution in [0.3, 0.4) is 0 Å². The molecule has 1 fully saturated rings. The Hall–Kier alpha value is -0.920. The van der Waals surface area contributed by atoms with Crippen LogP contribution in [-0.4, -0.2) is 35.8 Å². The van der Waals surface area contributed by atoms with E-state index in [2.05, 4.69) is 10.6 Å². The van der Waals surface area contributed by atoms with Crippen LogP contribution in [0.5, 0.6) is 0 Å². The molecule has 1 aliphatic rings. The van der Waals surface area contributed by atoms with Gasteiger partial charge in [0.05, 0.1) is 11.0 Å². The van der Waals surface area contributed by atoms with E-state index in [-0.39, 0.29) is 30.1 Å². The molecular formula is C12H17Cl2N3O3. The molecule has 1 aromatic carbocycles. The zero-order valence-electron chi connectivity index (χ0n) is 10.7. The van der Waals surface area contributed by atoms with Gasteiger partial charge in [-0.15, -0.1) is 12.4 Å². The van der Waals surface area contributed by atoms with Gasteiger partial charge in [-0.1, -0.05) is 11.6 Å². The topological polar surface area (TPSA) is 87.4 Å². The molecule has 0 saturated carbocycles. The molecule has 1 aromatic rings. The number of benzene rings is 1. The summed E-state index contributed by atoms with van der Waals surface area (Å²) < 4.78 is 0. The molecule has 20 heavy (non-hydrogen) atoms. The number of hydrogen-bond acceptors (Lipinski definition) is 5. The quantitative estimate of drug-likeness (QED) is 0.562. The zero-order chi connectivity index (χ0) is 13.8. The van der Waals surface area contributed by atoms with Gasteiger partial charge < -0.3 is 15.7 Å². The van der Waals surface area contributed by atoms with Crippen molar-refractivity contribution >= 4 is 29.7 Å². The van der Waals surface area contributed by atoms with Crippen molar-refractivity contribution in [2.45, 2.75) is 12.6 Å². The Kier molecular flexibility index (Phi) is 6.64. The van der Waals surface area contributed by atoms with E-state index in [0.717, 1.165) is 6.54 Å². The van der Waals surface area contributed by atoms with Crippen molar-refractivity contribution < 1.29 is 10.0 Å². The molecule has 0 aliphatic carbocycles. The van der Waals surface area contributed by atoms with E-state index in [1.165, 1.54) is 18.2 Å². The van der Waals surface area contributed by atoms with E-state index in [1.54, 1.807) is 0 Å². The first-order valence-corrected chi connectivity index (χ1v) is 6.48. The predicted octanol–water partition coefficient (Wildman–Crippen LogP) is 1.34. The number of aliphatic hydroxyl groups excluding tert-OH is 1. The Balaban J connectivity index is 0.00000200. The summed E-state index contributed by atoms with van der Waals surface area (Å²) in [5, 5.41) is 27.1. The third-order valence-electron chi connectivity index (χ3n) is 3.27. The highest BCUT2D eigenvalue weighted by Crippen LogP contribution is 2.22. The summed E-state index contributed by atoms with van der Waals surface area (Å²) in [5.74, 6) is 0.164. The molecule has 2 rings (SSSR count). The Morgan fingerprint density at radius 3 is 2.85 bits per heavy atom. The summed E-state index contributed by atoms with van der Waals surface area (Å²) in [6.07, 6.45) is -0.340. The number of nitro benzene ring substituents is 1. The number of β-amino-alcohol motifs (C(OH)–C–C–N with tert-alkyl or cyclic N) is 1. The Morgan fingerprint density at radius 2 is 2.25 bits per heavy atom. The van der Waals surface area contributed by atoms with E-state index in [0.29, 0.717) is 30.2 Å². The maximum absolute atomic E-state index is 10.7. The molecule has 0 amide bonds. The number of rotatable bonds is 5. The summed E-state index contributed by atoms with van der Waals surface area (Å²) in [4.78, 5) is 10.3. The average Bonchev–Trinajstić information content (AvgIpc) is 2.77. The number of hydrogen-bond donors (Lipinski definition) is 3. The zero-order valence-corrected chi connectivity index (χ0v) is 12.3. The molecule has 1 saturated heterocycles. The van der Waals surface area contributed by atoms with Crippen LogP contribution in [0, 0.1) is 16.0 Å². The fourth-order valence-corrected chi connectivity index (χ4v) is 2.31. The van der Waals surface area contributed by atoms with Gasteiger partial charge in [0.15, 0.2) is 0 Å². The van der Waals surface area contributed by atoms with Crippen LogP contribution in [-0.2, 0) is 6.54 Å². The van der Waals surface area contributed by atoms with Crippen molar-refractivity contribution in [3.63, 3.8) is 0 Å². The van der Waals surface area contributed by atoms with E-state index in [9.17, 15) is 15.2 Å². The van der Waals surface area contributed by atoms with Crippen LogP contribution in [0.1, 0.15) is 5.56 Å². The molecule has 0 radical (unpaired) electrons. The van der Waals surface area contributed by atoms with Crippen LogP contribution in [0.2, 0.25) is 5.02 Å². The fourth-order valence-electron chi connectivity index (χ4n) is 2.13. The lowest BCUT2D eigenvalue weighted by Crippen LogP contribution is -2.30. The number of halogens is 2. The molecule has 0 spiro atoms. The predicted molar refractivity (Wildman–Crippen MR) is 79.4 cm³/mol. The van der Waals surface area contributed by atoms with E-state index in [4.69, 9.17) is 11.6 Å². The van der Waals surface area contributed by atoms with E-state index < -0.39 is 4.92 Å². The van der Waals surface area contributed by atoms with Crippen molar-refractivity contribution in [1.29, 1.82) is 0 Å². The highest BCUT2D eigenvalue weighted by atomic mass is 35.5. The van der Waals surface area contributed by atoms with Crippen LogP contribution in [0.4, 0.5) is 5.69 Å². The first-order chi connectivity index (χ1) is 9.08. The molecule has 0 bridgehead atoms. The van der Waals surface area contributed by atoms with Gasteiger partial charge in [0.1, 0.15) is 0 Å². The van der Waals surface area contributed by atoms with Gasteiger partial charge in [-0.2, -0.15) is 0 Å². The van der Waals surface area contributed by atoms with Crippen molar-refractivity contribution in [1.82, 2.24) is 10.6 Å². The van der Waals surface area contributed by atoms with Gasteiger partial charge in [-0.3, -0.25) is 10.1 Å². The van der Waals surface area contributed by atoms with Crippen molar-refractivity contribution in [3.8, 4) is 0 Å². The van der Waals surface area contributed by atoms with Crippen molar-refractivity contribution in [3.05, 3.63) is 38.9 Å². The van der Waals surface area contributed by atoms with E-state index in [1.807, 2.05) is 0 Å². The van der Waals surface area contributed by atoms with Crippen molar-refractivity contribution in [2.75, 3.05) is 19.6 Å². The highest BCUT2D eigenvalue weighted by Gasteiger charge is 2.24. The lowest BCUT2D eigenvalue weighted by atomic mass is 10.1. The van der Waals surface area contributed by atoms with Gasteiger partial charge in [0.25, 0.3) is 5.69 Å². The minimum atomic E-state index is -0.440. The summed E-state index contributed by atoms with van der Waals surface area (Å²) in [6, 6.07) is 4.39. The second kappa shape index (κ2) is 7.75. The molecule has 1 aliphatic heterocycles. The SMILES string of the molecule is Cl.O=[N+]([O-])c1ccc(Cl)c(CNCC2CNCC2O)c1. The molecule has 0 aromatic heterocycles. The number of aliphatic hydroxyl groups is 1. The Morgan fingerprint density at radius 1 is 1.50 bits per heavy atom. The van der Waals surface area contributed by atoms with E-state index >= 15 is 0 Å². The van der Waals surface area contributed by atoms with Crippen LogP contribution in [0.25, 0.3) is 0 Å². The third kappa shape index (κ3) is 4.29. The minimum Gasteiger partial charge on any atom is -0.391 e. The Bertz CT molecular complexity index is 473. The second-order valence-electron chi connectivity index (χ2n) is 4.65. The fraction of sp³-hybridized carbons (Fsp3) is 0.500. The van der Waals surface area contributed by atoms with Gasteiger partial charge >= 0.3 is 0 Å². The molecule has 8 heteroatoms. The lowest BCUT2D eigenvalue weighted by Gasteiger charge is -2.14. The summed E-state index contributed by atoms with van der Waals surface area (Å²) in [7, 11) is 0. The van der Waals surface area contributed by atoms with Crippen LogP contribution < -0.4 is 10.6 Å². The smallest absolute Gasteiger partial charge is 0.269 e. The normalized spacial score (nSPS) is 21.5. The van der Waals surface area contributed by atoms with Gasteiger partial charge in [-0.25, -0.2) is 0 Å². The highest BCUT2D eigenvalue weighted by molar-refractivity contribution is 6.31. The average molecular weight is 322 g/mol. The number of nitro groups is 1. The van der Waals surface area contributed by atoms with Crippen LogP contribution in [0.15, 0.2) is 18.2 Å². The monoisotopic (exact) mass is 321 g/mol. The Labute approximate surface area is 128 Å². The lowest BCUT2D eigenvalue weighted by molar-refractivity contribution is -0.384. The molecule has 2 atom stereocenters. The first-order valence-electron chi connectivity index (χ1n) is 6.10. The summed E-state index contributed by atoms with van der Waals surface area (Å²) in [5.41, 5.74) is 0.722. The number of non-ortho nitro benzene ring substituents is 1. The molecule has 3 N–H and O–H groups in total. The maximum atomic E-state index is 10.7. The standard InChI is InChI=1S/C12H16ClN3O3.ClH/c13-11-2-1-10(16(18)19)3-8(11)4-14-5-9-6-15-7-12(9)17;/h1-3,9,12,14-15,17H,4-7H2;1H.